The average molecular weight is 345 g/mol. The van der Waals surface area contributed by atoms with Gasteiger partial charge in [-0.25, -0.2) is 4.79 Å². The zero-order valence-corrected chi connectivity index (χ0v) is 11.3. The summed E-state index contributed by atoms with van der Waals surface area (Å²) in [5.41, 5.74) is 0.762. The Bertz CT molecular complexity index is 388. The van der Waals surface area contributed by atoms with Crippen molar-refractivity contribution in [3.8, 4) is 12.3 Å². The molecule has 17 heavy (non-hydrogen) atoms. The third kappa shape index (κ3) is 4.63. The zero-order valence-electron chi connectivity index (χ0n) is 9.14. The van der Waals surface area contributed by atoms with Crippen LogP contribution in [0.5, 0.6) is 0 Å². The first-order valence-corrected chi connectivity index (χ1v) is 5.84. The van der Waals surface area contributed by atoms with Crippen molar-refractivity contribution in [2.75, 3.05) is 24.7 Å². The van der Waals surface area contributed by atoms with Gasteiger partial charge < -0.3 is 7.80 Å². The van der Waals surface area contributed by atoms with Crippen LogP contribution in [0.4, 0.5) is 10.5 Å². The van der Waals surface area contributed by atoms with Gasteiger partial charge in [0.15, 0.2) is 23.0 Å². The number of hydrogen-bond donors (Lipinski definition) is 0. The summed E-state index contributed by atoms with van der Waals surface area (Å²) in [5, 5.41) is 0. The summed E-state index contributed by atoms with van der Waals surface area (Å²) < 4.78 is 9.83. The number of carbonyl (C=O) groups is 1. The van der Waals surface area contributed by atoms with Gasteiger partial charge in [0, 0.05) is 5.69 Å². The van der Waals surface area contributed by atoms with Crippen molar-refractivity contribution in [2.45, 2.75) is 0 Å². The van der Waals surface area contributed by atoms with E-state index in [1.165, 1.54) is 4.90 Å². The first kappa shape index (κ1) is 13.8. The zero-order chi connectivity index (χ0) is 12.5. The summed E-state index contributed by atoms with van der Waals surface area (Å²) >= 11 is 1.56. The largest absolute Gasteiger partial charge is 0.423 e. The lowest BCUT2D eigenvalue weighted by Gasteiger charge is -2.20. The third-order valence-electron chi connectivity index (χ3n) is 2.00. The summed E-state index contributed by atoms with van der Waals surface area (Å²) in [7, 11) is 0. The van der Waals surface area contributed by atoms with Crippen LogP contribution in [0.2, 0.25) is 0 Å². The quantitative estimate of drug-likeness (QED) is 0.468. The third-order valence-corrected chi connectivity index (χ3v) is 2.38. The van der Waals surface area contributed by atoms with Crippen LogP contribution in [-0.4, -0.2) is 25.9 Å². The predicted molar refractivity (Wildman–Crippen MR) is 73.9 cm³/mol. The van der Waals surface area contributed by atoms with Crippen molar-refractivity contribution < 1.29 is 12.6 Å². The molecule has 0 N–H and O–H groups in total. The van der Waals surface area contributed by atoms with E-state index in [-0.39, 0.29) is 6.61 Å². The van der Waals surface area contributed by atoms with Crippen molar-refractivity contribution in [1.29, 1.82) is 0 Å². The molecule has 0 aliphatic rings. The minimum atomic E-state index is -0.430. The predicted octanol–water partition coefficient (Wildman–Crippen LogP) is 2.63. The Morgan fingerprint density at radius 1 is 1.41 bits per heavy atom. The summed E-state index contributed by atoms with van der Waals surface area (Å²) in [6.07, 6.45) is 4.63. The molecule has 0 spiro atoms. The van der Waals surface area contributed by atoms with E-state index >= 15 is 0 Å². The number of terminal acetylenes is 1. The van der Waals surface area contributed by atoms with Crippen LogP contribution in [0.25, 0.3) is 0 Å². The molecule has 0 saturated carbocycles. The summed E-state index contributed by atoms with van der Waals surface area (Å²) in [6, 6.07) is 9.24. The highest BCUT2D eigenvalue weighted by Crippen LogP contribution is 2.15. The van der Waals surface area contributed by atoms with Crippen LogP contribution in [-0.2, 0) is 7.80 Å². The van der Waals surface area contributed by atoms with E-state index in [2.05, 4.69) is 8.99 Å². The topological polar surface area (TPSA) is 38.8 Å². The molecule has 0 heterocycles. The molecular weight excluding hydrogens is 333 g/mol. The van der Waals surface area contributed by atoms with Gasteiger partial charge in [0.25, 0.3) is 0 Å². The molecule has 0 aromatic heterocycles. The number of amides is 1. The highest BCUT2D eigenvalue weighted by molar-refractivity contribution is 14.1. The second kappa shape index (κ2) is 7.92. The van der Waals surface area contributed by atoms with Gasteiger partial charge in [-0.3, -0.25) is 4.90 Å². The standard InChI is InChI=1S/C12H12INO3/c1-2-9-16-10-8-14(12(15)17-13)11-6-4-3-5-7-11/h1,3-7H,8-10H2. The molecule has 0 bridgehead atoms. The lowest BCUT2D eigenvalue weighted by Crippen LogP contribution is -2.33. The Kier molecular flexibility index (Phi) is 6.43. The van der Waals surface area contributed by atoms with E-state index in [9.17, 15) is 4.79 Å². The Hall–Kier alpha value is -1.26. The lowest BCUT2D eigenvalue weighted by atomic mass is 10.3. The van der Waals surface area contributed by atoms with E-state index in [1.54, 1.807) is 23.0 Å². The van der Waals surface area contributed by atoms with E-state index in [1.807, 2.05) is 30.3 Å². The molecule has 0 aliphatic carbocycles. The number of rotatable bonds is 5. The molecule has 0 fully saturated rings. The molecular formula is C12H12INO3. The molecule has 1 rings (SSSR count). The van der Waals surface area contributed by atoms with Crippen LogP contribution in [0.15, 0.2) is 30.3 Å². The minimum absolute atomic E-state index is 0.238. The van der Waals surface area contributed by atoms with E-state index < -0.39 is 6.09 Å². The first-order chi connectivity index (χ1) is 8.29. The van der Waals surface area contributed by atoms with Gasteiger partial charge in [0.1, 0.15) is 6.61 Å². The van der Waals surface area contributed by atoms with Crippen molar-refractivity contribution >= 4 is 34.8 Å². The number of hydrogen-bond acceptors (Lipinski definition) is 3. The fourth-order valence-corrected chi connectivity index (χ4v) is 1.50. The second-order valence-corrected chi connectivity index (χ2v) is 3.53. The van der Waals surface area contributed by atoms with Gasteiger partial charge >= 0.3 is 6.09 Å². The normalized spacial score (nSPS) is 9.41. The summed E-state index contributed by atoms with van der Waals surface area (Å²) in [5.74, 6) is 2.37. The first-order valence-electron chi connectivity index (χ1n) is 4.96. The Morgan fingerprint density at radius 3 is 2.71 bits per heavy atom. The smallest absolute Gasteiger partial charge is 0.378 e. The maximum Gasteiger partial charge on any atom is 0.423 e. The molecule has 0 aliphatic heterocycles. The van der Waals surface area contributed by atoms with Gasteiger partial charge in [0.2, 0.25) is 0 Å². The van der Waals surface area contributed by atoms with Gasteiger partial charge in [-0.15, -0.1) is 6.42 Å². The van der Waals surface area contributed by atoms with Crippen molar-refractivity contribution in [2.24, 2.45) is 0 Å². The average Bonchev–Trinajstić information content (AvgIpc) is 2.39. The second-order valence-electron chi connectivity index (χ2n) is 3.09. The number of para-hydroxylation sites is 1. The number of carbonyl (C=O) groups excluding carboxylic acids is 1. The Labute approximate surface area is 115 Å². The number of nitrogens with zero attached hydrogens (tertiary/aromatic N) is 1. The summed E-state index contributed by atoms with van der Waals surface area (Å²) in [4.78, 5) is 13.1. The lowest BCUT2D eigenvalue weighted by molar-refractivity contribution is 0.170. The van der Waals surface area contributed by atoms with E-state index in [0.717, 1.165) is 5.69 Å². The Balaban J connectivity index is 2.62. The number of ether oxygens (including phenoxy) is 1. The number of benzene rings is 1. The molecule has 0 saturated heterocycles. The molecule has 0 radical (unpaired) electrons. The number of anilines is 1. The van der Waals surface area contributed by atoms with Gasteiger partial charge in [-0.05, 0) is 12.1 Å². The van der Waals surface area contributed by atoms with E-state index in [4.69, 9.17) is 11.2 Å². The monoisotopic (exact) mass is 345 g/mol. The highest BCUT2D eigenvalue weighted by atomic mass is 127. The molecule has 1 amide bonds. The maximum atomic E-state index is 11.6. The molecule has 4 nitrogen and oxygen atoms in total. The minimum Gasteiger partial charge on any atom is -0.378 e. The molecule has 5 heteroatoms. The van der Waals surface area contributed by atoms with Gasteiger partial charge in [0.05, 0.1) is 13.2 Å². The van der Waals surface area contributed by atoms with Crippen molar-refractivity contribution in [3.05, 3.63) is 30.3 Å². The van der Waals surface area contributed by atoms with Crippen LogP contribution in [0.3, 0.4) is 0 Å². The molecule has 0 atom stereocenters. The SMILES string of the molecule is C#CCOCCN(C(=O)OI)c1ccccc1. The van der Waals surface area contributed by atoms with Crippen molar-refractivity contribution in [3.63, 3.8) is 0 Å². The molecule has 0 unspecified atom stereocenters. The fourth-order valence-electron chi connectivity index (χ4n) is 1.26. The maximum absolute atomic E-state index is 11.6. The summed E-state index contributed by atoms with van der Waals surface area (Å²) in [6.45, 7) is 1.00. The van der Waals surface area contributed by atoms with Crippen LogP contribution in [0.1, 0.15) is 0 Å². The number of halogens is 1. The van der Waals surface area contributed by atoms with Gasteiger partial charge in [-0.1, -0.05) is 24.1 Å². The van der Waals surface area contributed by atoms with Crippen molar-refractivity contribution in [1.82, 2.24) is 0 Å². The van der Waals surface area contributed by atoms with Crippen LogP contribution in [0, 0.1) is 12.3 Å². The molecule has 1 aromatic carbocycles. The van der Waals surface area contributed by atoms with Crippen LogP contribution < -0.4 is 4.90 Å². The van der Waals surface area contributed by atoms with E-state index in [0.29, 0.717) is 13.2 Å². The Morgan fingerprint density at radius 2 is 2.12 bits per heavy atom. The fraction of sp³-hybridized carbons (Fsp3) is 0.250. The molecule has 90 valence electrons. The van der Waals surface area contributed by atoms with Crippen LogP contribution >= 0.6 is 23.0 Å². The van der Waals surface area contributed by atoms with Gasteiger partial charge in [-0.2, -0.15) is 0 Å². The highest BCUT2D eigenvalue weighted by Gasteiger charge is 2.15. The molecule has 1 aromatic rings.